The largest absolute Gasteiger partial charge is 0.358 e. The summed E-state index contributed by atoms with van der Waals surface area (Å²) >= 11 is 12.5. The Labute approximate surface area is 179 Å². The van der Waals surface area contributed by atoms with Crippen LogP contribution in [-0.2, 0) is 4.79 Å². The number of carbonyl (C=O) groups excluding carboxylic acids is 2. The van der Waals surface area contributed by atoms with Gasteiger partial charge in [0.25, 0.3) is 5.91 Å². The summed E-state index contributed by atoms with van der Waals surface area (Å²) in [5.41, 5.74) is 1.45. The molecule has 8 heteroatoms. The molecular weight excluding hydrogens is 414 g/mol. The fourth-order valence-electron chi connectivity index (χ4n) is 2.41. The molecule has 0 fully saturated rings. The van der Waals surface area contributed by atoms with Crippen molar-refractivity contribution in [3.8, 4) is 0 Å². The molecule has 2 aromatic carbocycles. The lowest BCUT2D eigenvalue weighted by Crippen LogP contribution is -2.28. The number of amides is 2. The van der Waals surface area contributed by atoms with Gasteiger partial charge >= 0.3 is 0 Å². The lowest BCUT2D eigenvalue weighted by Gasteiger charge is -2.20. The molecule has 0 saturated carbocycles. The zero-order valence-electron chi connectivity index (χ0n) is 15.7. The summed E-state index contributed by atoms with van der Waals surface area (Å²) in [5, 5.41) is 6.18. The number of halogens is 1. The number of nitrogens with zero attached hydrogens (tertiary/aromatic N) is 1. The molecule has 0 heterocycles. The van der Waals surface area contributed by atoms with Gasteiger partial charge in [0.1, 0.15) is 4.32 Å². The lowest BCUT2D eigenvalue weighted by molar-refractivity contribution is -0.113. The van der Waals surface area contributed by atoms with Crippen LogP contribution in [0, 0.1) is 0 Å². The fourth-order valence-corrected chi connectivity index (χ4v) is 3.74. The standard InChI is InChI=1S/C20H22ClN3O2S2/c1-3-24(4-2)20(27)28-13-18(25)23-17-8-6-5-7-16(17)19(26)22-15-11-9-14(21)10-12-15/h5-12H,3-4,13H2,1-2H3,(H,22,26)(H,23,25). The Morgan fingerprint density at radius 2 is 1.68 bits per heavy atom. The summed E-state index contributed by atoms with van der Waals surface area (Å²) in [6, 6.07) is 13.7. The molecule has 0 aliphatic heterocycles. The number of hydrogen-bond acceptors (Lipinski definition) is 4. The number of anilines is 2. The molecule has 0 spiro atoms. The Balaban J connectivity index is 2.00. The zero-order chi connectivity index (χ0) is 20.5. The number of thiocarbonyl (C=S) groups is 1. The molecule has 2 N–H and O–H groups in total. The SMILES string of the molecule is CCN(CC)C(=S)SCC(=O)Nc1ccccc1C(=O)Nc1ccc(Cl)cc1. The van der Waals surface area contributed by atoms with Gasteiger partial charge in [-0.3, -0.25) is 9.59 Å². The van der Waals surface area contributed by atoms with Crippen LogP contribution >= 0.6 is 35.6 Å². The topological polar surface area (TPSA) is 61.4 Å². The summed E-state index contributed by atoms with van der Waals surface area (Å²) in [4.78, 5) is 27.0. The van der Waals surface area contributed by atoms with E-state index in [4.69, 9.17) is 23.8 Å². The maximum atomic E-state index is 12.6. The van der Waals surface area contributed by atoms with E-state index in [0.717, 1.165) is 13.1 Å². The quantitative estimate of drug-likeness (QED) is 0.606. The van der Waals surface area contributed by atoms with Gasteiger partial charge in [-0.05, 0) is 50.2 Å². The van der Waals surface area contributed by atoms with E-state index in [0.29, 0.717) is 26.3 Å². The normalized spacial score (nSPS) is 10.2. The van der Waals surface area contributed by atoms with Crippen molar-refractivity contribution in [1.82, 2.24) is 4.90 Å². The van der Waals surface area contributed by atoms with Gasteiger partial charge in [0.2, 0.25) is 5.91 Å². The van der Waals surface area contributed by atoms with Crippen LogP contribution in [0.2, 0.25) is 5.02 Å². The molecule has 0 bridgehead atoms. The summed E-state index contributed by atoms with van der Waals surface area (Å²) < 4.78 is 0.689. The summed E-state index contributed by atoms with van der Waals surface area (Å²) in [6.45, 7) is 5.65. The molecule has 0 aliphatic carbocycles. The van der Waals surface area contributed by atoms with E-state index in [1.54, 1.807) is 48.5 Å². The van der Waals surface area contributed by atoms with Crippen molar-refractivity contribution in [3.05, 3.63) is 59.1 Å². The van der Waals surface area contributed by atoms with E-state index < -0.39 is 0 Å². The van der Waals surface area contributed by atoms with Crippen molar-refractivity contribution in [1.29, 1.82) is 0 Å². The molecule has 0 atom stereocenters. The Morgan fingerprint density at radius 3 is 2.32 bits per heavy atom. The average Bonchev–Trinajstić information content (AvgIpc) is 2.69. The minimum absolute atomic E-state index is 0.183. The number of thioether (sulfide) groups is 1. The number of benzene rings is 2. The van der Waals surface area contributed by atoms with Gasteiger partial charge < -0.3 is 15.5 Å². The van der Waals surface area contributed by atoms with Crippen molar-refractivity contribution >= 4 is 63.1 Å². The molecule has 0 aromatic heterocycles. The summed E-state index contributed by atoms with van der Waals surface area (Å²) in [5.74, 6) is -0.349. The Hall–Kier alpha value is -2.09. The third-order valence-electron chi connectivity index (χ3n) is 3.90. The minimum atomic E-state index is -0.315. The number of rotatable bonds is 7. The minimum Gasteiger partial charge on any atom is -0.358 e. The molecule has 5 nitrogen and oxygen atoms in total. The van der Waals surface area contributed by atoms with Crippen molar-refractivity contribution in [2.45, 2.75) is 13.8 Å². The second kappa shape index (κ2) is 11.0. The Kier molecular flexibility index (Phi) is 8.76. The van der Waals surface area contributed by atoms with E-state index in [1.165, 1.54) is 11.8 Å². The molecule has 2 rings (SSSR count). The van der Waals surface area contributed by atoms with Gasteiger partial charge in [-0.2, -0.15) is 0 Å². The van der Waals surface area contributed by atoms with E-state index in [-0.39, 0.29) is 17.6 Å². The highest BCUT2D eigenvalue weighted by Gasteiger charge is 2.15. The molecule has 2 amide bonds. The number of para-hydroxylation sites is 1. The number of carbonyl (C=O) groups is 2. The average molecular weight is 436 g/mol. The molecule has 2 aromatic rings. The summed E-state index contributed by atoms with van der Waals surface area (Å²) in [6.07, 6.45) is 0. The molecule has 28 heavy (non-hydrogen) atoms. The molecule has 0 saturated heterocycles. The van der Waals surface area contributed by atoms with E-state index in [9.17, 15) is 9.59 Å². The maximum absolute atomic E-state index is 12.6. The first kappa shape index (κ1) is 22.2. The van der Waals surface area contributed by atoms with Crippen LogP contribution in [0.4, 0.5) is 11.4 Å². The summed E-state index contributed by atoms with van der Waals surface area (Å²) in [7, 11) is 0. The first-order valence-electron chi connectivity index (χ1n) is 8.82. The third kappa shape index (κ3) is 6.51. The van der Waals surface area contributed by atoms with E-state index in [1.807, 2.05) is 18.7 Å². The van der Waals surface area contributed by atoms with Crippen molar-refractivity contribution in [2.75, 3.05) is 29.5 Å². The van der Waals surface area contributed by atoms with Crippen molar-refractivity contribution < 1.29 is 9.59 Å². The van der Waals surface area contributed by atoms with Gasteiger partial charge in [-0.1, -0.05) is 47.7 Å². The highest BCUT2D eigenvalue weighted by atomic mass is 35.5. The molecule has 0 unspecified atom stereocenters. The van der Waals surface area contributed by atoms with Crippen LogP contribution in [0.3, 0.4) is 0 Å². The van der Waals surface area contributed by atoms with Gasteiger partial charge in [0.05, 0.1) is 17.0 Å². The van der Waals surface area contributed by atoms with Crippen molar-refractivity contribution in [2.24, 2.45) is 0 Å². The van der Waals surface area contributed by atoms with Gasteiger partial charge in [-0.15, -0.1) is 0 Å². The van der Waals surface area contributed by atoms with Crippen LogP contribution in [0.1, 0.15) is 24.2 Å². The van der Waals surface area contributed by atoms with Gasteiger partial charge in [0.15, 0.2) is 0 Å². The molecule has 0 radical (unpaired) electrons. The van der Waals surface area contributed by atoms with Gasteiger partial charge in [0, 0.05) is 23.8 Å². The third-order valence-corrected chi connectivity index (χ3v) is 5.67. The van der Waals surface area contributed by atoms with E-state index >= 15 is 0 Å². The monoisotopic (exact) mass is 435 g/mol. The molecule has 148 valence electrons. The number of hydrogen-bond donors (Lipinski definition) is 2. The first-order valence-corrected chi connectivity index (χ1v) is 10.6. The van der Waals surface area contributed by atoms with Crippen LogP contribution in [0.25, 0.3) is 0 Å². The van der Waals surface area contributed by atoms with Crippen LogP contribution in [-0.4, -0.2) is 39.9 Å². The smallest absolute Gasteiger partial charge is 0.257 e. The second-order valence-electron chi connectivity index (χ2n) is 5.78. The Morgan fingerprint density at radius 1 is 1.04 bits per heavy atom. The highest BCUT2D eigenvalue weighted by Crippen LogP contribution is 2.19. The van der Waals surface area contributed by atoms with Crippen LogP contribution < -0.4 is 10.6 Å². The zero-order valence-corrected chi connectivity index (χ0v) is 18.1. The Bertz CT molecular complexity index is 840. The predicted octanol–water partition coefficient (Wildman–Crippen LogP) is 4.89. The van der Waals surface area contributed by atoms with Crippen molar-refractivity contribution in [3.63, 3.8) is 0 Å². The maximum Gasteiger partial charge on any atom is 0.257 e. The first-order chi connectivity index (χ1) is 13.4. The fraction of sp³-hybridized carbons (Fsp3) is 0.250. The molecular formula is C20H22ClN3O2S2. The van der Waals surface area contributed by atoms with Crippen LogP contribution in [0.5, 0.6) is 0 Å². The second-order valence-corrected chi connectivity index (χ2v) is 7.83. The number of nitrogens with one attached hydrogen (secondary N) is 2. The highest BCUT2D eigenvalue weighted by molar-refractivity contribution is 8.23. The predicted molar refractivity (Wildman–Crippen MR) is 122 cm³/mol. The molecule has 0 aliphatic rings. The van der Waals surface area contributed by atoms with Crippen LogP contribution in [0.15, 0.2) is 48.5 Å². The van der Waals surface area contributed by atoms with Gasteiger partial charge in [-0.25, -0.2) is 0 Å². The van der Waals surface area contributed by atoms with E-state index in [2.05, 4.69) is 10.6 Å². The lowest BCUT2D eigenvalue weighted by atomic mass is 10.1.